The number of hydrogen-bond donors (Lipinski definition) is 6. The highest BCUT2D eigenvalue weighted by Gasteiger charge is 2.32. The monoisotopic (exact) mass is 512 g/mol. The van der Waals surface area contributed by atoms with Gasteiger partial charge in [-0.2, -0.15) is 0 Å². The Morgan fingerprint density at radius 1 is 0.730 bits per heavy atom. The first-order valence-corrected chi connectivity index (χ1v) is 12.1. The van der Waals surface area contributed by atoms with Crippen molar-refractivity contribution >= 4 is 23.7 Å². The van der Waals surface area contributed by atoms with Gasteiger partial charge in [-0.25, -0.2) is 4.79 Å². The summed E-state index contributed by atoms with van der Waals surface area (Å²) < 4.78 is 0. The zero-order valence-corrected chi connectivity index (χ0v) is 21.3. The smallest absolute Gasteiger partial charge is 0.326 e. The molecule has 0 aliphatic rings. The lowest BCUT2D eigenvalue weighted by molar-refractivity contribution is -0.143. The van der Waals surface area contributed by atoms with Crippen LogP contribution in [0.5, 0.6) is 0 Å². The Morgan fingerprint density at radius 3 is 1.51 bits per heavy atom. The third kappa shape index (κ3) is 9.32. The molecule has 0 saturated heterocycles. The molecule has 2 aromatic rings. The van der Waals surface area contributed by atoms with E-state index in [0.29, 0.717) is 0 Å². The van der Waals surface area contributed by atoms with Crippen molar-refractivity contribution in [3.8, 4) is 0 Å². The van der Waals surface area contributed by atoms with E-state index < -0.39 is 54.0 Å². The van der Waals surface area contributed by atoms with Gasteiger partial charge >= 0.3 is 5.97 Å². The van der Waals surface area contributed by atoms with Gasteiger partial charge in [0.1, 0.15) is 24.2 Å². The highest BCUT2D eigenvalue weighted by molar-refractivity contribution is 5.94. The Kier molecular flexibility index (Phi) is 11.2. The summed E-state index contributed by atoms with van der Waals surface area (Å²) >= 11 is 0. The number of aliphatic hydroxyl groups is 1. The predicted molar refractivity (Wildman–Crippen MR) is 138 cm³/mol. The summed E-state index contributed by atoms with van der Waals surface area (Å²) in [4.78, 5) is 50.8. The second-order valence-electron chi connectivity index (χ2n) is 9.34. The Labute approximate surface area is 216 Å². The Morgan fingerprint density at radius 2 is 1.14 bits per heavy atom. The largest absolute Gasteiger partial charge is 0.480 e. The molecule has 200 valence electrons. The normalized spacial score (nSPS) is 15.1. The number of carbonyl (C=O) groups excluding carboxylic acids is 3. The van der Waals surface area contributed by atoms with Gasteiger partial charge in [-0.1, -0.05) is 74.5 Å². The number of amides is 3. The minimum Gasteiger partial charge on any atom is -0.480 e. The second-order valence-corrected chi connectivity index (χ2v) is 9.34. The molecule has 5 unspecified atom stereocenters. The Bertz CT molecular complexity index is 1050. The molecule has 0 aliphatic heterocycles. The van der Waals surface area contributed by atoms with Crippen LogP contribution in [0.15, 0.2) is 60.7 Å². The van der Waals surface area contributed by atoms with Crippen molar-refractivity contribution in [3.63, 3.8) is 0 Å². The van der Waals surface area contributed by atoms with Crippen LogP contribution in [0, 0.1) is 5.92 Å². The number of carbonyl (C=O) groups is 4. The lowest BCUT2D eigenvalue weighted by Crippen LogP contribution is -2.59. The zero-order valence-electron chi connectivity index (χ0n) is 21.3. The minimum atomic E-state index is -1.25. The fraction of sp³-hybridized carbons (Fsp3) is 0.407. The number of nitrogens with one attached hydrogen (secondary N) is 3. The lowest BCUT2D eigenvalue weighted by atomic mass is 10.0. The van der Waals surface area contributed by atoms with Gasteiger partial charge in [-0.3, -0.25) is 14.4 Å². The van der Waals surface area contributed by atoms with Crippen molar-refractivity contribution in [2.24, 2.45) is 11.7 Å². The highest BCUT2D eigenvalue weighted by Crippen LogP contribution is 2.09. The molecule has 0 aliphatic carbocycles. The fourth-order valence-electron chi connectivity index (χ4n) is 3.64. The third-order valence-electron chi connectivity index (χ3n) is 5.88. The molecule has 0 spiro atoms. The molecular weight excluding hydrogens is 476 g/mol. The highest BCUT2D eigenvalue weighted by atomic mass is 16.4. The van der Waals surface area contributed by atoms with Crippen LogP contribution < -0.4 is 21.7 Å². The molecule has 0 fully saturated rings. The van der Waals surface area contributed by atoms with E-state index >= 15 is 0 Å². The van der Waals surface area contributed by atoms with Gasteiger partial charge in [0.05, 0.1) is 6.10 Å². The number of carboxylic acids is 1. The molecule has 0 bridgehead atoms. The quantitative estimate of drug-likeness (QED) is 0.225. The SMILES string of the molecule is CC(C)C(NC(=O)C(Cc1ccccc1)NC(=O)C(Cc1ccccc1)NC(=O)C(N)C(C)O)C(=O)O. The van der Waals surface area contributed by atoms with Crippen molar-refractivity contribution in [2.45, 2.75) is 63.9 Å². The van der Waals surface area contributed by atoms with Gasteiger partial charge in [0.25, 0.3) is 0 Å². The molecule has 0 aromatic heterocycles. The van der Waals surface area contributed by atoms with E-state index in [4.69, 9.17) is 5.73 Å². The summed E-state index contributed by atoms with van der Waals surface area (Å²) in [5.74, 6) is -3.61. The molecule has 37 heavy (non-hydrogen) atoms. The van der Waals surface area contributed by atoms with Gasteiger partial charge in [0.15, 0.2) is 0 Å². The van der Waals surface area contributed by atoms with Crippen LogP contribution >= 0.6 is 0 Å². The standard InChI is InChI=1S/C27H36N4O6/c1-16(2)23(27(36)37)31-25(34)21(15-19-12-8-5-9-13-19)29-24(33)20(14-18-10-6-4-7-11-18)30-26(35)22(28)17(3)32/h4-13,16-17,20-23,32H,14-15,28H2,1-3H3,(H,29,33)(H,30,35)(H,31,34)(H,36,37). The molecule has 5 atom stereocenters. The van der Waals surface area contributed by atoms with E-state index in [2.05, 4.69) is 16.0 Å². The van der Waals surface area contributed by atoms with Crippen LogP contribution in [0.25, 0.3) is 0 Å². The molecule has 10 nitrogen and oxygen atoms in total. The number of carboxylic acid groups (broad SMARTS) is 1. The minimum absolute atomic E-state index is 0.0992. The number of hydrogen-bond acceptors (Lipinski definition) is 6. The molecule has 2 aromatic carbocycles. The summed E-state index contributed by atoms with van der Waals surface area (Å²) in [7, 11) is 0. The topological polar surface area (TPSA) is 171 Å². The molecule has 7 N–H and O–H groups in total. The third-order valence-corrected chi connectivity index (χ3v) is 5.88. The number of nitrogens with two attached hydrogens (primary N) is 1. The predicted octanol–water partition coefficient (Wildman–Crippen LogP) is 0.375. The first-order valence-electron chi connectivity index (χ1n) is 12.1. The van der Waals surface area contributed by atoms with E-state index in [9.17, 15) is 29.4 Å². The van der Waals surface area contributed by atoms with Crippen LogP contribution in [0.1, 0.15) is 31.9 Å². The van der Waals surface area contributed by atoms with Crippen LogP contribution in [0.4, 0.5) is 0 Å². The molecule has 0 saturated carbocycles. The van der Waals surface area contributed by atoms with Crippen LogP contribution in [0.2, 0.25) is 0 Å². The number of benzene rings is 2. The van der Waals surface area contributed by atoms with Gasteiger partial charge < -0.3 is 31.9 Å². The molecule has 10 heteroatoms. The van der Waals surface area contributed by atoms with Crippen molar-refractivity contribution in [1.29, 1.82) is 0 Å². The second kappa shape index (κ2) is 14.1. The van der Waals surface area contributed by atoms with Gasteiger partial charge in [0, 0.05) is 12.8 Å². The Balaban J connectivity index is 2.31. The van der Waals surface area contributed by atoms with Gasteiger partial charge in [0.2, 0.25) is 17.7 Å². The number of aliphatic hydroxyl groups excluding tert-OH is 1. The number of rotatable bonds is 13. The first kappa shape index (κ1) is 29.5. The molecular formula is C27H36N4O6. The molecule has 3 amide bonds. The summed E-state index contributed by atoms with van der Waals surface area (Å²) in [5.41, 5.74) is 7.25. The van der Waals surface area contributed by atoms with E-state index in [1.54, 1.807) is 62.4 Å². The number of aliphatic carboxylic acids is 1. The van der Waals surface area contributed by atoms with E-state index in [-0.39, 0.29) is 18.8 Å². The maximum Gasteiger partial charge on any atom is 0.326 e. The maximum absolute atomic E-state index is 13.4. The van der Waals surface area contributed by atoms with Crippen molar-refractivity contribution in [1.82, 2.24) is 16.0 Å². The van der Waals surface area contributed by atoms with Crippen LogP contribution in [-0.4, -0.2) is 64.2 Å². The van der Waals surface area contributed by atoms with Crippen molar-refractivity contribution < 1.29 is 29.4 Å². The van der Waals surface area contributed by atoms with E-state index in [1.165, 1.54) is 6.92 Å². The molecule has 2 rings (SSSR count). The fourth-order valence-corrected chi connectivity index (χ4v) is 3.64. The average Bonchev–Trinajstić information content (AvgIpc) is 2.86. The molecule has 0 radical (unpaired) electrons. The molecule has 0 heterocycles. The van der Waals surface area contributed by atoms with E-state index in [1.807, 2.05) is 12.1 Å². The van der Waals surface area contributed by atoms with Gasteiger partial charge in [-0.05, 0) is 24.0 Å². The summed E-state index contributed by atoms with van der Waals surface area (Å²) in [6, 6.07) is 13.3. The summed E-state index contributed by atoms with van der Waals surface area (Å²) in [6.07, 6.45) is -0.933. The van der Waals surface area contributed by atoms with E-state index in [0.717, 1.165) is 11.1 Å². The van der Waals surface area contributed by atoms with Gasteiger partial charge in [-0.15, -0.1) is 0 Å². The average molecular weight is 513 g/mol. The summed E-state index contributed by atoms with van der Waals surface area (Å²) in [5, 5.41) is 27.0. The van der Waals surface area contributed by atoms with Crippen molar-refractivity contribution in [3.05, 3.63) is 71.8 Å². The summed E-state index contributed by atoms with van der Waals surface area (Å²) in [6.45, 7) is 4.70. The Hall–Kier alpha value is -3.76. The van der Waals surface area contributed by atoms with Crippen LogP contribution in [-0.2, 0) is 32.0 Å². The maximum atomic E-state index is 13.4. The van der Waals surface area contributed by atoms with Crippen molar-refractivity contribution in [2.75, 3.05) is 0 Å². The zero-order chi connectivity index (χ0) is 27.5. The first-order chi connectivity index (χ1) is 17.5. The van der Waals surface area contributed by atoms with Crippen LogP contribution in [0.3, 0.4) is 0 Å². The lowest BCUT2D eigenvalue weighted by Gasteiger charge is -2.26.